The normalized spacial score (nSPS) is 17.9. The van der Waals surface area contributed by atoms with Crippen LogP contribution in [0.1, 0.15) is 62.4 Å². The molecular formula is C26H33NO7. The van der Waals surface area contributed by atoms with Crippen molar-refractivity contribution in [1.29, 1.82) is 0 Å². The Balaban J connectivity index is 1.80. The molecule has 1 aromatic heterocycles. The van der Waals surface area contributed by atoms with E-state index in [-0.39, 0.29) is 36.9 Å². The van der Waals surface area contributed by atoms with Crippen LogP contribution in [0.3, 0.4) is 0 Å². The van der Waals surface area contributed by atoms with Crippen LogP contribution in [0.15, 0.2) is 45.6 Å². The number of carbonyl (C=O) groups excluding carboxylic acids is 2. The van der Waals surface area contributed by atoms with E-state index < -0.39 is 22.5 Å². The van der Waals surface area contributed by atoms with E-state index in [0.29, 0.717) is 31.8 Å². The molecule has 1 N–H and O–H groups in total. The predicted molar refractivity (Wildman–Crippen MR) is 126 cm³/mol. The largest absolute Gasteiger partial charge is 0.481 e. The topological polar surface area (TPSA) is 104 Å². The number of hydrogen-bond donors (Lipinski definition) is 1. The van der Waals surface area contributed by atoms with Gasteiger partial charge in [0.05, 0.1) is 6.61 Å². The van der Waals surface area contributed by atoms with E-state index in [1.165, 1.54) is 6.07 Å². The number of hydrogen-bond acceptors (Lipinski definition) is 7. The van der Waals surface area contributed by atoms with Gasteiger partial charge >= 0.3 is 6.09 Å². The van der Waals surface area contributed by atoms with Crippen molar-refractivity contribution in [3.05, 3.63) is 63.7 Å². The summed E-state index contributed by atoms with van der Waals surface area (Å²) in [6.45, 7) is 8.29. The van der Waals surface area contributed by atoms with E-state index in [1.807, 2.05) is 37.3 Å². The third-order valence-corrected chi connectivity index (χ3v) is 5.51. The van der Waals surface area contributed by atoms with E-state index in [4.69, 9.17) is 18.6 Å². The number of nitrogens with one attached hydrogen (secondary N) is 1. The lowest BCUT2D eigenvalue weighted by Gasteiger charge is -2.28. The number of benzene rings is 1. The van der Waals surface area contributed by atoms with Crippen molar-refractivity contribution in [3.63, 3.8) is 0 Å². The van der Waals surface area contributed by atoms with Gasteiger partial charge in [-0.2, -0.15) is 0 Å². The molecule has 3 rings (SSSR count). The summed E-state index contributed by atoms with van der Waals surface area (Å²) in [5.74, 6) is -0.153. The second-order valence-corrected chi connectivity index (χ2v) is 9.62. The van der Waals surface area contributed by atoms with Gasteiger partial charge in [-0.25, -0.2) is 4.79 Å². The van der Waals surface area contributed by atoms with Crippen LogP contribution in [0.4, 0.5) is 4.79 Å². The highest BCUT2D eigenvalue weighted by molar-refractivity contribution is 5.96. The number of ketones is 1. The summed E-state index contributed by atoms with van der Waals surface area (Å²) in [5.41, 5.74) is -0.798. The van der Waals surface area contributed by atoms with Crippen molar-refractivity contribution in [2.45, 2.75) is 59.2 Å². The third kappa shape index (κ3) is 6.93. The second kappa shape index (κ2) is 10.9. The number of amides is 1. The Bertz CT molecular complexity index is 1050. The highest BCUT2D eigenvalue weighted by Gasteiger charge is 2.39. The summed E-state index contributed by atoms with van der Waals surface area (Å²) in [7, 11) is 0. The fourth-order valence-corrected chi connectivity index (χ4v) is 3.74. The zero-order valence-electron chi connectivity index (χ0n) is 20.3. The monoisotopic (exact) mass is 471 g/mol. The molecule has 2 aromatic rings. The van der Waals surface area contributed by atoms with E-state index in [1.54, 1.807) is 20.8 Å². The molecule has 1 fully saturated rings. The lowest BCUT2D eigenvalue weighted by molar-refractivity contribution is 0.0480. The molecule has 0 aliphatic carbocycles. The second-order valence-electron chi connectivity index (χ2n) is 9.62. The van der Waals surface area contributed by atoms with Crippen molar-refractivity contribution in [3.8, 4) is 5.75 Å². The van der Waals surface area contributed by atoms with Crippen LogP contribution in [-0.4, -0.2) is 37.2 Å². The van der Waals surface area contributed by atoms with Crippen molar-refractivity contribution >= 4 is 11.9 Å². The first kappa shape index (κ1) is 25.5. The molecule has 0 bridgehead atoms. The number of aryl methyl sites for hydroxylation is 1. The molecule has 1 amide bonds. The van der Waals surface area contributed by atoms with E-state index in [0.717, 1.165) is 5.56 Å². The minimum absolute atomic E-state index is 0.0284. The Labute approximate surface area is 199 Å². The fourth-order valence-electron chi connectivity index (χ4n) is 3.74. The standard InChI is InChI=1S/C26H33NO7/c1-5-19-13-20(28)22(32-15-18-9-7-6-8-10-18)23(33-19)21(29)14-26(11-12-31-17-26)16-27-24(30)34-25(2,3)4/h6-10,13H,5,11-12,14-17H2,1-4H3,(H,27,30). The minimum Gasteiger partial charge on any atom is -0.481 e. The molecule has 8 heteroatoms. The van der Waals surface area contributed by atoms with Crippen molar-refractivity contribution < 1.29 is 28.2 Å². The summed E-state index contributed by atoms with van der Waals surface area (Å²) in [6.07, 6.45) is 0.508. The van der Waals surface area contributed by atoms with Gasteiger partial charge in [-0.1, -0.05) is 37.3 Å². The van der Waals surface area contributed by atoms with Crippen LogP contribution in [0.2, 0.25) is 0 Å². The average Bonchev–Trinajstić information content (AvgIpc) is 3.24. The predicted octanol–water partition coefficient (Wildman–Crippen LogP) is 4.29. The zero-order valence-corrected chi connectivity index (χ0v) is 20.3. The molecule has 34 heavy (non-hydrogen) atoms. The Morgan fingerprint density at radius 1 is 1.18 bits per heavy atom. The van der Waals surface area contributed by atoms with Gasteiger partial charge < -0.3 is 23.9 Å². The SMILES string of the molecule is CCc1cc(=O)c(OCc2ccccc2)c(C(=O)CC2(CNC(=O)OC(C)(C)C)CCOC2)o1. The quantitative estimate of drug-likeness (QED) is 0.544. The minimum atomic E-state index is -0.633. The molecule has 1 aromatic carbocycles. The fraction of sp³-hybridized carbons (Fsp3) is 0.500. The first-order chi connectivity index (χ1) is 16.1. The smallest absolute Gasteiger partial charge is 0.407 e. The van der Waals surface area contributed by atoms with Gasteiger partial charge in [0.25, 0.3) is 0 Å². The summed E-state index contributed by atoms with van der Waals surface area (Å²) in [6, 6.07) is 10.7. The molecule has 2 heterocycles. The van der Waals surface area contributed by atoms with Crippen LogP contribution >= 0.6 is 0 Å². The molecule has 184 valence electrons. The first-order valence-electron chi connectivity index (χ1n) is 11.5. The Kier molecular flexibility index (Phi) is 8.15. The average molecular weight is 472 g/mol. The number of ether oxygens (including phenoxy) is 3. The maximum absolute atomic E-state index is 13.4. The molecule has 8 nitrogen and oxygen atoms in total. The van der Waals surface area contributed by atoms with Crippen molar-refractivity contribution in [2.24, 2.45) is 5.41 Å². The van der Waals surface area contributed by atoms with Crippen molar-refractivity contribution in [2.75, 3.05) is 19.8 Å². The van der Waals surface area contributed by atoms with Crippen LogP contribution in [0, 0.1) is 5.41 Å². The number of Topliss-reactive ketones (excluding diaryl/α,β-unsaturated/α-hetero) is 1. The molecule has 1 atom stereocenters. The molecule has 1 unspecified atom stereocenters. The highest BCUT2D eigenvalue weighted by atomic mass is 16.6. The van der Waals surface area contributed by atoms with E-state index in [9.17, 15) is 14.4 Å². The van der Waals surface area contributed by atoms with Gasteiger partial charge in [-0.15, -0.1) is 0 Å². The molecule has 1 aliphatic heterocycles. The Morgan fingerprint density at radius 3 is 2.53 bits per heavy atom. The van der Waals surface area contributed by atoms with E-state index >= 15 is 0 Å². The first-order valence-corrected chi connectivity index (χ1v) is 11.5. The maximum Gasteiger partial charge on any atom is 0.407 e. The van der Waals surface area contributed by atoms with Gasteiger partial charge in [-0.3, -0.25) is 9.59 Å². The van der Waals surface area contributed by atoms with Gasteiger partial charge in [0.1, 0.15) is 18.0 Å². The Hall–Kier alpha value is -3.13. The van der Waals surface area contributed by atoms with Crippen molar-refractivity contribution in [1.82, 2.24) is 5.32 Å². The maximum atomic E-state index is 13.4. The molecule has 0 spiro atoms. The third-order valence-electron chi connectivity index (χ3n) is 5.51. The Morgan fingerprint density at radius 2 is 1.91 bits per heavy atom. The number of carbonyl (C=O) groups is 2. The summed E-state index contributed by atoms with van der Waals surface area (Å²) in [5, 5.41) is 2.76. The molecule has 0 saturated carbocycles. The molecule has 1 saturated heterocycles. The summed E-state index contributed by atoms with van der Waals surface area (Å²) in [4.78, 5) is 38.4. The van der Waals surface area contributed by atoms with Gasteiger partial charge in [-0.05, 0) is 32.8 Å². The lowest BCUT2D eigenvalue weighted by Crippen LogP contribution is -2.42. The zero-order chi connectivity index (χ0) is 24.8. The molecule has 1 aliphatic rings. The van der Waals surface area contributed by atoms with Gasteiger partial charge in [0.15, 0.2) is 0 Å². The van der Waals surface area contributed by atoms with E-state index in [2.05, 4.69) is 5.32 Å². The number of alkyl carbamates (subject to hydrolysis) is 1. The number of rotatable bonds is 9. The van der Waals surface area contributed by atoms with Gasteiger partial charge in [0.2, 0.25) is 22.7 Å². The molecular weight excluding hydrogens is 438 g/mol. The summed E-state index contributed by atoms with van der Waals surface area (Å²) >= 11 is 0. The lowest BCUT2D eigenvalue weighted by atomic mass is 9.81. The highest BCUT2D eigenvalue weighted by Crippen LogP contribution is 2.34. The molecule has 0 radical (unpaired) electrons. The van der Waals surface area contributed by atoms with Crippen LogP contribution in [0.25, 0.3) is 0 Å². The van der Waals surface area contributed by atoms with Gasteiger partial charge in [0, 0.05) is 37.5 Å². The summed E-state index contributed by atoms with van der Waals surface area (Å²) < 4.78 is 22.5. The van der Waals surface area contributed by atoms with Crippen LogP contribution in [-0.2, 0) is 22.5 Å². The van der Waals surface area contributed by atoms with Crippen LogP contribution in [0.5, 0.6) is 5.75 Å². The van der Waals surface area contributed by atoms with Crippen LogP contribution < -0.4 is 15.5 Å².